The Balaban J connectivity index is 1.62. The van der Waals surface area contributed by atoms with E-state index in [0.717, 1.165) is 6.54 Å². The number of aliphatic hydroxyl groups is 1. The Kier molecular flexibility index (Phi) is 4.88. The van der Waals surface area contributed by atoms with Crippen LogP contribution >= 0.6 is 0 Å². The van der Waals surface area contributed by atoms with Gasteiger partial charge in [0, 0.05) is 24.2 Å². The Morgan fingerprint density at radius 2 is 1.74 bits per heavy atom. The van der Waals surface area contributed by atoms with Gasteiger partial charge in [-0.15, -0.1) is 0 Å². The Hall–Kier alpha value is -2.02. The number of benzene rings is 2. The van der Waals surface area contributed by atoms with Crippen LogP contribution in [0.1, 0.15) is 24.0 Å². The Bertz CT molecular complexity index is 801. The van der Waals surface area contributed by atoms with Crippen LogP contribution in [0.25, 0.3) is 0 Å². The lowest BCUT2D eigenvalue weighted by Gasteiger charge is -2.51. The fourth-order valence-corrected chi connectivity index (χ4v) is 4.37. The van der Waals surface area contributed by atoms with Gasteiger partial charge in [-0.3, -0.25) is 4.90 Å². The summed E-state index contributed by atoms with van der Waals surface area (Å²) in [5, 5.41) is 11.3. The zero-order valence-electron chi connectivity index (χ0n) is 15.2. The van der Waals surface area contributed by atoms with Gasteiger partial charge >= 0.3 is 0 Å². The predicted molar refractivity (Wildman–Crippen MR) is 96.4 cm³/mol. The second kappa shape index (κ2) is 7.19. The molecule has 0 spiro atoms. The van der Waals surface area contributed by atoms with Crippen LogP contribution < -0.4 is 4.74 Å². The van der Waals surface area contributed by atoms with Crippen LogP contribution in [-0.2, 0) is 16.9 Å². The number of morpholine rings is 1. The maximum atomic E-state index is 14.6. The highest BCUT2D eigenvalue weighted by Gasteiger charge is 2.48. The van der Waals surface area contributed by atoms with Gasteiger partial charge in [-0.1, -0.05) is 30.3 Å². The van der Waals surface area contributed by atoms with Gasteiger partial charge in [-0.25, -0.2) is 4.39 Å². The molecule has 6 heteroatoms. The van der Waals surface area contributed by atoms with Crippen molar-refractivity contribution in [3.8, 4) is 5.75 Å². The van der Waals surface area contributed by atoms with Crippen LogP contribution in [0.5, 0.6) is 5.75 Å². The van der Waals surface area contributed by atoms with E-state index in [-0.39, 0.29) is 23.4 Å². The summed E-state index contributed by atoms with van der Waals surface area (Å²) in [6, 6.07) is 12.8. The van der Waals surface area contributed by atoms with E-state index >= 15 is 0 Å². The number of nitrogens with zero attached hydrogens (tertiary/aromatic N) is 1. The van der Waals surface area contributed by atoms with Crippen LogP contribution in [0, 0.1) is 11.6 Å². The summed E-state index contributed by atoms with van der Waals surface area (Å²) in [6.45, 7) is 1.67. The Labute approximate surface area is 157 Å². The Morgan fingerprint density at radius 1 is 1.07 bits per heavy atom. The maximum Gasteiger partial charge on any atom is 0.200 e. The van der Waals surface area contributed by atoms with E-state index in [1.54, 1.807) is 0 Å². The Morgan fingerprint density at radius 3 is 2.37 bits per heavy atom. The van der Waals surface area contributed by atoms with Crippen LogP contribution in [0.3, 0.4) is 0 Å². The van der Waals surface area contributed by atoms with Crippen molar-refractivity contribution in [2.75, 3.05) is 20.3 Å². The highest BCUT2D eigenvalue weighted by molar-refractivity contribution is 5.35. The summed E-state index contributed by atoms with van der Waals surface area (Å²) in [5.41, 5.74) is -0.248. The summed E-state index contributed by atoms with van der Waals surface area (Å²) < 4.78 is 39.4. The van der Waals surface area contributed by atoms with Crippen molar-refractivity contribution in [1.29, 1.82) is 0 Å². The number of methoxy groups -OCH3 is 1. The van der Waals surface area contributed by atoms with E-state index in [9.17, 15) is 13.9 Å². The van der Waals surface area contributed by atoms with Gasteiger partial charge in [0.05, 0.1) is 25.9 Å². The van der Waals surface area contributed by atoms with Crippen LogP contribution in [0.2, 0.25) is 0 Å². The van der Waals surface area contributed by atoms with Crippen molar-refractivity contribution in [2.24, 2.45) is 0 Å². The molecule has 4 rings (SSSR count). The number of fused-ring (bicyclic) bond motifs is 2. The number of hydrogen-bond acceptors (Lipinski definition) is 4. The first kappa shape index (κ1) is 18.3. The van der Waals surface area contributed by atoms with Crippen molar-refractivity contribution in [3.63, 3.8) is 0 Å². The minimum Gasteiger partial charge on any atom is -0.494 e. The van der Waals surface area contributed by atoms with Crippen molar-refractivity contribution >= 4 is 0 Å². The summed E-state index contributed by atoms with van der Waals surface area (Å²) in [6.07, 6.45) is 0.581. The number of rotatable bonds is 4. The van der Waals surface area contributed by atoms with Crippen LogP contribution in [0.15, 0.2) is 42.5 Å². The highest BCUT2D eigenvalue weighted by Crippen LogP contribution is 2.43. The molecular weight excluding hydrogens is 352 g/mol. The topological polar surface area (TPSA) is 41.9 Å². The summed E-state index contributed by atoms with van der Waals surface area (Å²) in [4.78, 5) is 2.31. The second-order valence-corrected chi connectivity index (χ2v) is 7.39. The molecule has 27 heavy (non-hydrogen) atoms. The zero-order chi connectivity index (χ0) is 19.0. The fourth-order valence-electron chi connectivity index (χ4n) is 4.37. The van der Waals surface area contributed by atoms with E-state index in [4.69, 9.17) is 9.47 Å². The van der Waals surface area contributed by atoms with E-state index in [1.807, 2.05) is 18.2 Å². The molecule has 2 atom stereocenters. The number of halogens is 2. The average Bonchev–Trinajstić information content (AvgIpc) is 2.65. The van der Waals surface area contributed by atoms with Gasteiger partial charge in [0.15, 0.2) is 11.6 Å². The van der Waals surface area contributed by atoms with E-state index < -0.39 is 17.2 Å². The smallest absolute Gasteiger partial charge is 0.200 e. The van der Waals surface area contributed by atoms with Crippen molar-refractivity contribution in [1.82, 2.24) is 4.90 Å². The lowest BCUT2D eigenvalue weighted by atomic mass is 9.76. The molecule has 2 aliphatic rings. The number of hydrogen-bond donors (Lipinski definition) is 1. The van der Waals surface area contributed by atoms with Gasteiger partial charge in [0.1, 0.15) is 0 Å². The van der Waals surface area contributed by atoms with E-state index in [1.165, 1.54) is 24.8 Å². The van der Waals surface area contributed by atoms with Gasteiger partial charge in [0.25, 0.3) is 0 Å². The largest absolute Gasteiger partial charge is 0.494 e. The first-order valence-electron chi connectivity index (χ1n) is 9.14. The van der Waals surface area contributed by atoms with Gasteiger partial charge in [-0.2, -0.15) is 4.39 Å². The van der Waals surface area contributed by atoms with Gasteiger partial charge in [0.2, 0.25) is 5.82 Å². The van der Waals surface area contributed by atoms with Crippen molar-refractivity contribution in [3.05, 3.63) is 65.2 Å². The zero-order valence-corrected chi connectivity index (χ0v) is 15.2. The lowest BCUT2D eigenvalue weighted by molar-refractivity contribution is -0.150. The average molecular weight is 375 g/mol. The van der Waals surface area contributed by atoms with Crippen LogP contribution in [0.4, 0.5) is 8.78 Å². The van der Waals surface area contributed by atoms with E-state index in [2.05, 4.69) is 17.0 Å². The summed E-state index contributed by atoms with van der Waals surface area (Å²) in [5.74, 6) is -2.26. The van der Waals surface area contributed by atoms with E-state index in [0.29, 0.717) is 26.1 Å². The number of ether oxygens (including phenoxy) is 2. The van der Waals surface area contributed by atoms with Crippen LogP contribution in [-0.4, -0.2) is 42.4 Å². The quantitative estimate of drug-likeness (QED) is 0.891. The molecule has 0 aliphatic carbocycles. The molecule has 2 unspecified atom stereocenters. The standard InChI is InChI=1S/C21H23F2NO3/c1-26-18-8-7-17(19(22)20(18)23)21(25)9-15-12-27-13-16(10-21)24(15)11-14-5-3-2-4-6-14/h2-8,15-16,25H,9-13H2,1H3. The SMILES string of the molecule is COc1ccc(C2(O)CC3COCC(C2)N3Cc2ccccc2)c(F)c1F. The summed E-state index contributed by atoms with van der Waals surface area (Å²) >= 11 is 0. The molecule has 2 aromatic carbocycles. The molecule has 0 amide bonds. The first-order valence-corrected chi connectivity index (χ1v) is 9.14. The third-order valence-corrected chi connectivity index (χ3v) is 5.68. The minimum atomic E-state index is -1.43. The molecule has 1 N–H and O–H groups in total. The molecule has 2 saturated heterocycles. The third-order valence-electron chi connectivity index (χ3n) is 5.68. The number of piperidine rings is 1. The molecule has 2 aromatic rings. The third kappa shape index (κ3) is 3.33. The lowest BCUT2D eigenvalue weighted by Crippen LogP contribution is -2.60. The van der Waals surface area contributed by atoms with Gasteiger partial charge in [-0.05, 0) is 30.5 Å². The molecular formula is C21H23F2NO3. The predicted octanol–water partition coefficient (Wildman–Crippen LogP) is 3.22. The first-order chi connectivity index (χ1) is 13.0. The maximum absolute atomic E-state index is 14.6. The highest BCUT2D eigenvalue weighted by atomic mass is 19.2. The minimum absolute atomic E-state index is 0.00272. The molecule has 2 fully saturated rings. The molecule has 2 aliphatic heterocycles. The van der Waals surface area contributed by atoms with Crippen molar-refractivity contribution in [2.45, 2.75) is 37.1 Å². The normalized spacial score (nSPS) is 28.1. The molecule has 2 heterocycles. The molecule has 0 radical (unpaired) electrons. The monoisotopic (exact) mass is 375 g/mol. The molecule has 4 nitrogen and oxygen atoms in total. The second-order valence-electron chi connectivity index (χ2n) is 7.39. The fraction of sp³-hybridized carbons (Fsp3) is 0.429. The molecule has 0 saturated carbocycles. The molecule has 144 valence electrons. The molecule has 2 bridgehead atoms. The van der Waals surface area contributed by atoms with Crippen molar-refractivity contribution < 1.29 is 23.4 Å². The molecule has 0 aromatic heterocycles. The summed E-state index contributed by atoms with van der Waals surface area (Å²) in [7, 11) is 1.29. The van der Waals surface area contributed by atoms with Gasteiger partial charge < -0.3 is 14.6 Å².